The molecule has 0 radical (unpaired) electrons. The summed E-state index contributed by atoms with van der Waals surface area (Å²) in [7, 11) is 0. The van der Waals surface area contributed by atoms with Crippen LogP contribution in [0.4, 0.5) is 5.82 Å². The van der Waals surface area contributed by atoms with Gasteiger partial charge in [-0.3, -0.25) is 0 Å². The number of likely N-dealkylation sites (N-methyl/N-ethyl adjacent to an activating group) is 1. The van der Waals surface area contributed by atoms with E-state index in [9.17, 15) is 4.79 Å². The highest BCUT2D eigenvalue weighted by atomic mass is 35.5. The molecule has 1 unspecified atom stereocenters. The number of aldehydes is 1. The number of nitrogens with one attached hydrogen (secondary N) is 1. The molecule has 0 saturated heterocycles. The van der Waals surface area contributed by atoms with Gasteiger partial charge >= 0.3 is 0 Å². The van der Waals surface area contributed by atoms with E-state index in [0.29, 0.717) is 13.1 Å². The Morgan fingerprint density at radius 1 is 1.36 bits per heavy atom. The maximum Gasteiger partial charge on any atom is 0.224 e. The van der Waals surface area contributed by atoms with Gasteiger partial charge in [0.15, 0.2) is 0 Å². The Balaban J connectivity index is 2.29. The first-order valence-electron chi connectivity index (χ1n) is 7.88. The average molecular weight is 325 g/mol. The molecule has 0 spiro atoms. The van der Waals surface area contributed by atoms with Gasteiger partial charge in [0, 0.05) is 24.2 Å². The van der Waals surface area contributed by atoms with Gasteiger partial charge < -0.3 is 15.0 Å². The Bertz CT molecular complexity index is 542. The number of aromatic nitrogens is 2. The number of rotatable bonds is 6. The number of nitrogens with zero attached hydrogens (tertiary/aromatic N) is 3. The number of anilines is 1. The summed E-state index contributed by atoms with van der Waals surface area (Å²) >= 11 is 6.07. The SMILES string of the molecule is CCN(c1nc(Cl)nc2c1CCC2)C(C=O)CNC(C)(C)C. The lowest BCUT2D eigenvalue weighted by atomic mass is 10.1. The van der Waals surface area contributed by atoms with Gasteiger partial charge in [-0.2, -0.15) is 0 Å². The Kier molecular flexibility index (Phi) is 5.40. The molecule has 0 saturated carbocycles. The van der Waals surface area contributed by atoms with Crippen molar-refractivity contribution in [2.75, 3.05) is 18.0 Å². The topological polar surface area (TPSA) is 58.1 Å². The number of hydrogen-bond donors (Lipinski definition) is 1. The van der Waals surface area contributed by atoms with Gasteiger partial charge in [-0.15, -0.1) is 0 Å². The van der Waals surface area contributed by atoms with Crippen LogP contribution in [0.1, 0.15) is 45.4 Å². The molecule has 2 rings (SSSR count). The zero-order valence-electron chi connectivity index (χ0n) is 13.8. The molecular weight excluding hydrogens is 300 g/mol. The highest BCUT2D eigenvalue weighted by Gasteiger charge is 2.27. The van der Waals surface area contributed by atoms with E-state index in [1.807, 2.05) is 11.8 Å². The van der Waals surface area contributed by atoms with Gasteiger partial charge in [-0.25, -0.2) is 9.97 Å². The predicted molar refractivity (Wildman–Crippen MR) is 89.7 cm³/mol. The van der Waals surface area contributed by atoms with Gasteiger partial charge in [0.05, 0.1) is 11.7 Å². The fourth-order valence-electron chi connectivity index (χ4n) is 2.80. The van der Waals surface area contributed by atoms with E-state index in [1.54, 1.807) is 0 Å². The lowest BCUT2D eigenvalue weighted by molar-refractivity contribution is -0.109. The van der Waals surface area contributed by atoms with Crippen LogP contribution in [-0.2, 0) is 17.6 Å². The second-order valence-electron chi connectivity index (χ2n) is 6.72. The minimum Gasteiger partial charge on any atom is -0.345 e. The molecular formula is C16H25ClN4O. The summed E-state index contributed by atoms with van der Waals surface area (Å²) in [5.74, 6) is 0.822. The minimum atomic E-state index is -0.264. The normalized spacial score (nSPS) is 15.5. The van der Waals surface area contributed by atoms with Crippen molar-refractivity contribution in [2.24, 2.45) is 0 Å². The van der Waals surface area contributed by atoms with Crippen molar-refractivity contribution in [2.45, 2.75) is 58.5 Å². The second kappa shape index (κ2) is 6.92. The fourth-order valence-corrected chi connectivity index (χ4v) is 2.99. The van der Waals surface area contributed by atoms with Crippen LogP contribution in [0.3, 0.4) is 0 Å². The lowest BCUT2D eigenvalue weighted by Gasteiger charge is -2.32. The molecule has 1 aromatic heterocycles. The molecule has 1 aliphatic rings. The maximum absolute atomic E-state index is 11.6. The standard InChI is InChI=1S/C16H25ClN4O/c1-5-21(11(10-22)9-18-16(2,3)4)14-12-7-6-8-13(12)19-15(17)20-14/h10-11,18H,5-9H2,1-4H3. The molecule has 0 fully saturated rings. The summed E-state index contributed by atoms with van der Waals surface area (Å²) in [6.07, 6.45) is 3.95. The van der Waals surface area contributed by atoms with Gasteiger partial charge in [0.1, 0.15) is 12.1 Å². The van der Waals surface area contributed by atoms with E-state index in [4.69, 9.17) is 11.6 Å². The Labute approximate surface area is 137 Å². The molecule has 1 atom stereocenters. The van der Waals surface area contributed by atoms with Crippen LogP contribution in [0.2, 0.25) is 5.28 Å². The third kappa shape index (κ3) is 3.96. The van der Waals surface area contributed by atoms with E-state index >= 15 is 0 Å². The van der Waals surface area contributed by atoms with Gasteiger partial charge in [0.25, 0.3) is 0 Å². The average Bonchev–Trinajstić information content (AvgIpc) is 2.89. The minimum absolute atomic E-state index is 0.0358. The Hall–Kier alpha value is -1.20. The third-order valence-electron chi connectivity index (χ3n) is 3.90. The number of hydrogen-bond acceptors (Lipinski definition) is 5. The molecule has 1 aliphatic carbocycles. The van der Waals surface area contributed by atoms with E-state index in [2.05, 4.69) is 36.1 Å². The largest absolute Gasteiger partial charge is 0.345 e. The van der Waals surface area contributed by atoms with E-state index < -0.39 is 0 Å². The molecule has 22 heavy (non-hydrogen) atoms. The Morgan fingerprint density at radius 3 is 2.68 bits per heavy atom. The van der Waals surface area contributed by atoms with Crippen molar-refractivity contribution < 1.29 is 4.79 Å². The van der Waals surface area contributed by atoms with Crippen LogP contribution in [0, 0.1) is 0 Å². The van der Waals surface area contributed by atoms with E-state index in [1.165, 1.54) is 0 Å². The van der Waals surface area contributed by atoms with Crippen molar-refractivity contribution in [3.63, 3.8) is 0 Å². The van der Waals surface area contributed by atoms with Gasteiger partial charge in [0.2, 0.25) is 5.28 Å². The number of carbonyl (C=O) groups excluding carboxylic acids is 1. The summed E-state index contributed by atoms with van der Waals surface area (Å²) < 4.78 is 0. The first-order valence-corrected chi connectivity index (χ1v) is 8.25. The lowest BCUT2D eigenvalue weighted by Crippen LogP contribution is -2.49. The zero-order valence-corrected chi connectivity index (χ0v) is 14.6. The van der Waals surface area contributed by atoms with E-state index in [0.717, 1.165) is 42.6 Å². The van der Waals surface area contributed by atoms with E-state index in [-0.39, 0.29) is 16.9 Å². The highest BCUT2D eigenvalue weighted by Crippen LogP contribution is 2.30. The third-order valence-corrected chi connectivity index (χ3v) is 4.06. The van der Waals surface area contributed by atoms with Crippen molar-refractivity contribution in [1.29, 1.82) is 0 Å². The molecule has 6 heteroatoms. The molecule has 0 bridgehead atoms. The van der Waals surface area contributed by atoms with Gasteiger partial charge in [-0.1, -0.05) is 0 Å². The summed E-state index contributed by atoms with van der Waals surface area (Å²) in [5, 5.41) is 3.66. The molecule has 0 aromatic carbocycles. The predicted octanol–water partition coefficient (Wildman–Crippen LogP) is 2.40. The maximum atomic E-state index is 11.6. The first-order chi connectivity index (χ1) is 10.4. The van der Waals surface area contributed by atoms with Crippen LogP contribution in [0.5, 0.6) is 0 Å². The molecule has 0 amide bonds. The highest BCUT2D eigenvalue weighted by molar-refractivity contribution is 6.28. The van der Waals surface area contributed by atoms with Crippen LogP contribution >= 0.6 is 11.6 Å². The van der Waals surface area contributed by atoms with Crippen molar-refractivity contribution in [3.8, 4) is 0 Å². The van der Waals surface area contributed by atoms with Gasteiger partial charge in [-0.05, 0) is 58.6 Å². The first kappa shape index (κ1) is 17.2. The fraction of sp³-hybridized carbons (Fsp3) is 0.688. The zero-order chi connectivity index (χ0) is 16.3. The quantitative estimate of drug-likeness (QED) is 0.643. The summed E-state index contributed by atoms with van der Waals surface area (Å²) in [6.45, 7) is 9.58. The molecule has 5 nitrogen and oxygen atoms in total. The molecule has 122 valence electrons. The van der Waals surface area contributed by atoms with Crippen LogP contribution < -0.4 is 10.2 Å². The van der Waals surface area contributed by atoms with Crippen molar-refractivity contribution in [3.05, 3.63) is 16.5 Å². The van der Waals surface area contributed by atoms with Crippen molar-refractivity contribution in [1.82, 2.24) is 15.3 Å². The monoisotopic (exact) mass is 324 g/mol. The summed E-state index contributed by atoms with van der Waals surface area (Å²) in [6, 6.07) is -0.264. The number of aryl methyl sites for hydroxylation is 1. The van der Waals surface area contributed by atoms with Crippen LogP contribution in [-0.4, -0.2) is 40.9 Å². The summed E-state index contributed by atoms with van der Waals surface area (Å²) in [5.41, 5.74) is 2.14. The second-order valence-corrected chi connectivity index (χ2v) is 7.05. The Morgan fingerprint density at radius 2 is 2.09 bits per heavy atom. The molecule has 1 aromatic rings. The summed E-state index contributed by atoms with van der Waals surface area (Å²) in [4.78, 5) is 22.4. The number of fused-ring (bicyclic) bond motifs is 1. The molecule has 1 N–H and O–H groups in total. The van der Waals surface area contributed by atoms with Crippen molar-refractivity contribution >= 4 is 23.7 Å². The number of carbonyl (C=O) groups is 1. The van der Waals surface area contributed by atoms with Crippen LogP contribution in [0.25, 0.3) is 0 Å². The smallest absolute Gasteiger partial charge is 0.224 e. The molecule has 1 heterocycles. The number of halogens is 1. The molecule has 0 aliphatic heterocycles. The van der Waals surface area contributed by atoms with Crippen LogP contribution in [0.15, 0.2) is 0 Å².